The van der Waals surface area contributed by atoms with Crippen molar-refractivity contribution in [3.05, 3.63) is 54.3 Å². The van der Waals surface area contributed by atoms with Gasteiger partial charge in [0, 0.05) is 6.20 Å². The Balaban J connectivity index is 1.90. The first-order chi connectivity index (χ1) is 12.0. The van der Waals surface area contributed by atoms with Crippen LogP contribution in [0.25, 0.3) is 0 Å². The van der Waals surface area contributed by atoms with E-state index in [1.807, 2.05) is 0 Å². The van der Waals surface area contributed by atoms with Crippen molar-refractivity contribution < 1.29 is 30.9 Å². The molecule has 0 aromatic heterocycles. The average Bonchev–Trinajstić information content (AvgIpc) is 2.85. The van der Waals surface area contributed by atoms with E-state index in [1.165, 1.54) is 42.6 Å². The molecule has 0 amide bonds. The molecule has 1 aromatic rings. The molecule has 140 valence electrons. The fraction of sp³-hybridized carbons (Fsp3) is 0.312. The van der Waals surface area contributed by atoms with Crippen LogP contribution < -0.4 is 0 Å². The van der Waals surface area contributed by atoms with Crippen LogP contribution in [0.2, 0.25) is 0 Å². The largest absolute Gasteiger partial charge is 0.440 e. The number of amidine groups is 1. The van der Waals surface area contributed by atoms with E-state index in [2.05, 4.69) is 4.99 Å². The minimum absolute atomic E-state index is 0.115. The third-order valence-electron chi connectivity index (χ3n) is 4.03. The molecule has 0 unspecified atom stereocenters. The van der Waals surface area contributed by atoms with Gasteiger partial charge in [0.25, 0.3) is 15.8 Å². The molecule has 6 nitrogen and oxygen atoms in total. The maximum Gasteiger partial charge on any atom is 0.440 e. The van der Waals surface area contributed by atoms with E-state index in [-0.39, 0.29) is 10.7 Å². The summed E-state index contributed by atoms with van der Waals surface area (Å²) in [7, 11) is -4.29. The van der Waals surface area contributed by atoms with Crippen molar-refractivity contribution in [2.24, 2.45) is 4.99 Å². The Hall–Kier alpha value is -2.17. The minimum atomic E-state index is -5.11. The van der Waals surface area contributed by atoms with Gasteiger partial charge in [0.05, 0.1) is 11.5 Å². The molecule has 0 bridgehead atoms. The van der Waals surface area contributed by atoms with Crippen molar-refractivity contribution in [1.29, 1.82) is 0 Å². The molecule has 2 heterocycles. The smallest absolute Gasteiger partial charge is 0.360 e. The number of aliphatic hydroxyl groups is 1. The van der Waals surface area contributed by atoms with Crippen LogP contribution in [0, 0.1) is 0 Å². The topological polar surface area (TPSA) is 79.2 Å². The Morgan fingerprint density at radius 3 is 2.58 bits per heavy atom. The molecule has 2 atom stereocenters. The highest BCUT2D eigenvalue weighted by Gasteiger charge is 2.64. The quantitative estimate of drug-likeness (QED) is 0.800. The Kier molecular flexibility index (Phi) is 4.45. The number of benzene rings is 1. The van der Waals surface area contributed by atoms with Crippen LogP contribution in [0.1, 0.15) is 6.92 Å². The zero-order valence-electron chi connectivity index (χ0n) is 13.5. The molecule has 1 N–H and O–H groups in total. The van der Waals surface area contributed by atoms with E-state index in [9.17, 15) is 26.7 Å². The van der Waals surface area contributed by atoms with E-state index in [1.54, 1.807) is 13.0 Å². The predicted molar refractivity (Wildman–Crippen MR) is 86.5 cm³/mol. The maximum absolute atomic E-state index is 13.4. The molecular formula is C16H15F3N2O4S. The normalized spacial score (nSPS) is 25.7. The zero-order valence-corrected chi connectivity index (χ0v) is 14.3. The molecule has 2 aliphatic heterocycles. The standard InChI is InChI=1S/C16H15F3N2O4S/c1-11-7-8-21-13(15(22,16(17,18)19)20-14(21)9-11)10-25-26(23,24)12-5-3-2-4-6-12/h2-9,13,22H,10H2,1H3/t13-,15-/m0/s1. The number of nitrogens with zero attached hydrogens (tertiary/aromatic N) is 2. The van der Waals surface area contributed by atoms with Gasteiger partial charge in [-0.25, -0.2) is 4.99 Å². The molecule has 3 rings (SSSR count). The van der Waals surface area contributed by atoms with Gasteiger partial charge in [0.1, 0.15) is 11.9 Å². The fourth-order valence-corrected chi connectivity index (χ4v) is 3.59. The lowest BCUT2D eigenvalue weighted by Crippen LogP contribution is -2.56. The summed E-state index contributed by atoms with van der Waals surface area (Å²) in [5, 5.41) is 10.2. The monoisotopic (exact) mass is 388 g/mol. The molecule has 26 heavy (non-hydrogen) atoms. The van der Waals surface area contributed by atoms with Gasteiger partial charge in [0.15, 0.2) is 0 Å². The van der Waals surface area contributed by atoms with Crippen molar-refractivity contribution in [2.75, 3.05) is 6.61 Å². The molecular weight excluding hydrogens is 373 g/mol. The van der Waals surface area contributed by atoms with Gasteiger partial charge in [-0.3, -0.25) is 4.18 Å². The van der Waals surface area contributed by atoms with Crippen LogP contribution in [-0.2, 0) is 14.3 Å². The van der Waals surface area contributed by atoms with Crippen LogP contribution in [0.4, 0.5) is 13.2 Å². The molecule has 0 fully saturated rings. The molecule has 2 aliphatic rings. The van der Waals surface area contributed by atoms with Crippen molar-refractivity contribution in [1.82, 2.24) is 4.90 Å². The van der Waals surface area contributed by atoms with Crippen LogP contribution in [0.15, 0.2) is 64.1 Å². The molecule has 10 heteroatoms. The van der Waals surface area contributed by atoms with Crippen molar-refractivity contribution in [3.63, 3.8) is 0 Å². The number of rotatable bonds is 4. The molecule has 0 aliphatic carbocycles. The Labute approximate surface area is 148 Å². The van der Waals surface area contributed by atoms with Crippen LogP contribution in [-0.4, -0.2) is 48.8 Å². The summed E-state index contributed by atoms with van der Waals surface area (Å²) < 4.78 is 69.5. The SMILES string of the molecule is CC1=CC2=N[C@@](O)(C(F)(F)F)[C@H](COS(=O)(=O)c3ccccc3)N2C=C1. The predicted octanol–water partition coefficient (Wildman–Crippen LogP) is 2.20. The number of hydrogen-bond donors (Lipinski definition) is 1. The summed E-state index contributed by atoms with van der Waals surface area (Å²) in [5.74, 6) is -0.115. The number of fused-ring (bicyclic) bond motifs is 1. The molecule has 1 aromatic carbocycles. The molecule has 0 spiro atoms. The average molecular weight is 388 g/mol. The maximum atomic E-state index is 13.4. The van der Waals surface area contributed by atoms with Crippen LogP contribution in [0.3, 0.4) is 0 Å². The highest BCUT2D eigenvalue weighted by atomic mass is 32.2. The second kappa shape index (κ2) is 6.22. The Morgan fingerprint density at radius 2 is 1.96 bits per heavy atom. The van der Waals surface area contributed by atoms with E-state index in [0.29, 0.717) is 5.57 Å². The minimum Gasteiger partial charge on any atom is -0.360 e. The lowest BCUT2D eigenvalue weighted by molar-refractivity contribution is -0.268. The Morgan fingerprint density at radius 1 is 1.31 bits per heavy atom. The highest BCUT2D eigenvalue weighted by molar-refractivity contribution is 7.86. The first kappa shape index (κ1) is 18.6. The zero-order chi connectivity index (χ0) is 19.2. The van der Waals surface area contributed by atoms with Gasteiger partial charge in [-0.05, 0) is 36.8 Å². The van der Waals surface area contributed by atoms with Gasteiger partial charge in [-0.1, -0.05) is 18.2 Å². The van der Waals surface area contributed by atoms with Crippen molar-refractivity contribution in [2.45, 2.75) is 29.8 Å². The van der Waals surface area contributed by atoms with E-state index < -0.39 is 34.7 Å². The van der Waals surface area contributed by atoms with Crippen molar-refractivity contribution in [3.8, 4) is 0 Å². The summed E-state index contributed by atoms with van der Waals surface area (Å²) in [6.45, 7) is 0.726. The molecule has 0 saturated carbocycles. The van der Waals surface area contributed by atoms with Gasteiger partial charge >= 0.3 is 6.18 Å². The van der Waals surface area contributed by atoms with E-state index >= 15 is 0 Å². The lowest BCUT2D eigenvalue weighted by Gasteiger charge is -2.33. The second-order valence-electron chi connectivity index (χ2n) is 5.87. The van der Waals surface area contributed by atoms with Crippen LogP contribution in [0.5, 0.6) is 0 Å². The molecule has 0 radical (unpaired) electrons. The number of allylic oxidation sites excluding steroid dienone is 2. The molecule has 0 saturated heterocycles. The number of hydrogen-bond acceptors (Lipinski definition) is 6. The van der Waals surface area contributed by atoms with Gasteiger partial charge in [0.2, 0.25) is 0 Å². The summed E-state index contributed by atoms with van der Waals surface area (Å²) in [4.78, 5) is 4.25. The second-order valence-corrected chi connectivity index (χ2v) is 7.49. The van der Waals surface area contributed by atoms with Gasteiger partial charge in [-0.15, -0.1) is 0 Å². The van der Waals surface area contributed by atoms with Crippen LogP contribution >= 0.6 is 0 Å². The third kappa shape index (κ3) is 3.15. The number of aliphatic imine (C=N–C) groups is 1. The number of alkyl halides is 3. The fourth-order valence-electron chi connectivity index (χ4n) is 2.66. The highest BCUT2D eigenvalue weighted by Crippen LogP contribution is 2.42. The van der Waals surface area contributed by atoms with E-state index in [4.69, 9.17) is 4.18 Å². The summed E-state index contributed by atoms with van der Waals surface area (Å²) in [5.41, 5.74) is -2.84. The first-order valence-electron chi connectivity index (χ1n) is 7.53. The van der Waals surface area contributed by atoms with Gasteiger partial charge < -0.3 is 10.0 Å². The number of halogens is 3. The van der Waals surface area contributed by atoms with Gasteiger partial charge in [-0.2, -0.15) is 21.6 Å². The Bertz CT molecular complexity index is 894. The summed E-state index contributed by atoms with van der Waals surface area (Å²) >= 11 is 0. The third-order valence-corrected chi connectivity index (χ3v) is 5.33. The first-order valence-corrected chi connectivity index (χ1v) is 8.94. The summed E-state index contributed by atoms with van der Waals surface area (Å²) in [6.07, 6.45) is -0.916. The lowest BCUT2D eigenvalue weighted by atomic mass is 10.0. The summed E-state index contributed by atoms with van der Waals surface area (Å²) in [6, 6.07) is 5.24. The van der Waals surface area contributed by atoms with E-state index in [0.717, 1.165) is 4.90 Å². The van der Waals surface area contributed by atoms with Crippen molar-refractivity contribution >= 4 is 16.0 Å².